The van der Waals surface area contributed by atoms with Gasteiger partial charge in [-0.05, 0) is 45.8 Å². The van der Waals surface area contributed by atoms with Gasteiger partial charge in [-0.3, -0.25) is 0 Å². The van der Waals surface area contributed by atoms with Crippen LogP contribution >= 0.6 is 31.9 Å². The summed E-state index contributed by atoms with van der Waals surface area (Å²) in [7, 11) is 1.64. The molecule has 0 spiro atoms. The largest absolute Gasteiger partial charge is 0.507 e. The van der Waals surface area contributed by atoms with Gasteiger partial charge < -0.3 is 15.2 Å². The molecule has 0 bridgehead atoms. The number of methoxy groups -OCH3 is 1. The number of ether oxygens (including phenoxy) is 1. The molecule has 2 rings (SSSR count). The molecular weight excluding hydrogens is 374 g/mol. The minimum atomic E-state index is 0.243. The van der Waals surface area contributed by atoms with Crippen LogP contribution in [0.1, 0.15) is 5.56 Å². The van der Waals surface area contributed by atoms with Gasteiger partial charge in [-0.25, -0.2) is 0 Å². The Morgan fingerprint density at radius 3 is 2.63 bits per heavy atom. The third-order valence-electron chi connectivity index (χ3n) is 2.62. The van der Waals surface area contributed by atoms with E-state index in [0.29, 0.717) is 11.0 Å². The Hall–Kier alpha value is -1.20. The van der Waals surface area contributed by atoms with Crippen LogP contribution in [-0.2, 0) is 6.54 Å². The highest BCUT2D eigenvalue weighted by Gasteiger charge is 2.02. The second kappa shape index (κ2) is 6.30. The number of rotatable bonds is 4. The van der Waals surface area contributed by atoms with Crippen LogP contribution in [0.5, 0.6) is 11.5 Å². The molecule has 2 aromatic rings. The predicted molar refractivity (Wildman–Crippen MR) is 83.8 cm³/mol. The maximum absolute atomic E-state index is 9.44. The van der Waals surface area contributed by atoms with E-state index in [4.69, 9.17) is 4.74 Å². The minimum Gasteiger partial charge on any atom is -0.507 e. The van der Waals surface area contributed by atoms with E-state index < -0.39 is 0 Å². The smallest absolute Gasteiger partial charge is 0.129 e. The summed E-state index contributed by atoms with van der Waals surface area (Å²) in [6.45, 7) is 0.665. The predicted octanol–water partition coefficient (Wildman–Crippen LogP) is 4.54. The second-order valence-corrected chi connectivity index (χ2v) is 5.79. The molecule has 0 saturated heterocycles. The van der Waals surface area contributed by atoms with Crippen LogP contribution in [0.15, 0.2) is 45.3 Å². The molecular formula is C14H13Br2NO2. The lowest BCUT2D eigenvalue weighted by molar-refractivity contribution is 0.414. The van der Waals surface area contributed by atoms with Crippen molar-refractivity contribution in [1.29, 1.82) is 0 Å². The molecule has 2 aromatic carbocycles. The lowest BCUT2D eigenvalue weighted by Crippen LogP contribution is -1.99. The Bertz CT molecular complexity index is 588. The molecule has 0 fully saturated rings. The summed E-state index contributed by atoms with van der Waals surface area (Å²) in [6.07, 6.45) is 0. The van der Waals surface area contributed by atoms with Gasteiger partial charge in [0, 0.05) is 22.8 Å². The maximum Gasteiger partial charge on any atom is 0.129 e. The van der Waals surface area contributed by atoms with Gasteiger partial charge in [0.05, 0.1) is 11.6 Å². The zero-order valence-corrected chi connectivity index (χ0v) is 13.5. The summed E-state index contributed by atoms with van der Waals surface area (Å²) in [4.78, 5) is 0. The van der Waals surface area contributed by atoms with Crippen molar-refractivity contribution in [3.05, 3.63) is 50.9 Å². The van der Waals surface area contributed by atoms with Crippen molar-refractivity contribution in [2.75, 3.05) is 12.4 Å². The van der Waals surface area contributed by atoms with Crippen molar-refractivity contribution in [3.63, 3.8) is 0 Å². The van der Waals surface area contributed by atoms with Crippen LogP contribution in [0.3, 0.4) is 0 Å². The number of nitrogens with one attached hydrogen (secondary N) is 1. The Morgan fingerprint density at radius 1 is 1.16 bits per heavy atom. The Labute approximate surface area is 128 Å². The molecule has 0 aromatic heterocycles. The first-order valence-electron chi connectivity index (χ1n) is 5.64. The van der Waals surface area contributed by atoms with Gasteiger partial charge in [-0.15, -0.1) is 0 Å². The summed E-state index contributed by atoms with van der Waals surface area (Å²) >= 11 is 6.74. The van der Waals surface area contributed by atoms with Gasteiger partial charge in [-0.1, -0.05) is 22.0 Å². The van der Waals surface area contributed by atoms with E-state index in [1.165, 1.54) is 0 Å². The zero-order valence-electron chi connectivity index (χ0n) is 10.3. The third kappa shape index (κ3) is 3.88. The summed E-state index contributed by atoms with van der Waals surface area (Å²) in [6, 6.07) is 11.3. The van der Waals surface area contributed by atoms with E-state index in [9.17, 15) is 5.11 Å². The number of aromatic hydroxyl groups is 1. The molecule has 0 amide bonds. The standard InChI is InChI=1S/C14H13Br2NO2/c1-19-12-6-10(15)5-11(7-12)17-8-9-2-3-14(18)13(16)4-9/h2-7,17-18H,8H2,1H3. The lowest BCUT2D eigenvalue weighted by atomic mass is 10.2. The monoisotopic (exact) mass is 385 g/mol. The Balaban J connectivity index is 2.09. The van der Waals surface area contributed by atoms with Crippen molar-refractivity contribution in [2.24, 2.45) is 0 Å². The topological polar surface area (TPSA) is 41.5 Å². The molecule has 0 aliphatic rings. The first kappa shape index (κ1) is 14.2. The minimum absolute atomic E-state index is 0.243. The van der Waals surface area contributed by atoms with Crippen LogP contribution in [0.25, 0.3) is 0 Å². The Kier molecular flexibility index (Phi) is 4.71. The first-order valence-corrected chi connectivity index (χ1v) is 7.23. The summed E-state index contributed by atoms with van der Waals surface area (Å²) in [5, 5.41) is 12.8. The van der Waals surface area contributed by atoms with Crippen molar-refractivity contribution in [3.8, 4) is 11.5 Å². The average Bonchev–Trinajstić information content (AvgIpc) is 2.39. The molecule has 19 heavy (non-hydrogen) atoms. The molecule has 0 heterocycles. The maximum atomic E-state index is 9.44. The van der Waals surface area contributed by atoms with Gasteiger partial charge in [0.15, 0.2) is 0 Å². The average molecular weight is 387 g/mol. The third-order valence-corrected chi connectivity index (χ3v) is 3.71. The molecule has 0 radical (unpaired) electrons. The highest BCUT2D eigenvalue weighted by Crippen LogP contribution is 2.27. The molecule has 0 atom stereocenters. The molecule has 100 valence electrons. The second-order valence-electron chi connectivity index (χ2n) is 4.02. The van der Waals surface area contributed by atoms with Crippen LogP contribution in [0.2, 0.25) is 0 Å². The fourth-order valence-electron chi connectivity index (χ4n) is 1.65. The fourth-order valence-corrected chi connectivity index (χ4v) is 2.55. The van der Waals surface area contributed by atoms with Crippen molar-refractivity contribution >= 4 is 37.5 Å². The molecule has 0 unspecified atom stereocenters. The number of phenols is 1. The molecule has 3 nitrogen and oxygen atoms in total. The lowest BCUT2D eigenvalue weighted by Gasteiger charge is -2.10. The van der Waals surface area contributed by atoms with Gasteiger partial charge in [0.2, 0.25) is 0 Å². The van der Waals surface area contributed by atoms with Gasteiger partial charge in [-0.2, -0.15) is 0 Å². The number of halogens is 2. The fraction of sp³-hybridized carbons (Fsp3) is 0.143. The zero-order chi connectivity index (χ0) is 13.8. The molecule has 0 saturated carbocycles. The Morgan fingerprint density at radius 2 is 1.95 bits per heavy atom. The SMILES string of the molecule is COc1cc(Br)cc(NCc2ccc(O)c(Br)c2)c1. The summed E-state index contributed by atoms with van der Waals surface area (Å²) in [5.74, 6) is 1.04. The van der Waals surface area contributed by atoms with Crippen molar-refractivity contribution in [2.45, 2.75) is 6.54 Å². The number of benzene rings is 2. The van der Waals surface area contributed by atoms with Crippen molar-refractivity contribution in [1.82, 2.24) is 0 Å². The highest BCUT2D eigenvalue weighted by atomic mass is 79.9. The normalized spacial score (nSPS) is 10.3. The molecule has 5 heteroatoms. The van der Waals surface area contributed by atoms with Crippen LogP contribution in [0, 0.1) is 0 Å². The first-order chi connectivity index (χ1) is 9.08. The quantitative estimate of drug-likeness (QED) is 0.810. The van der Waals surface area contributed by atoms with Gasteiger partial charge >= 0.3 is 0 Å². The van der Waals surface area contributed by atoms with E-state index >= 15 is 0 Å². The van der Waals surface area contributed by atoms with Crippen LogP contribution < -0.4 is 10.1 Å². The number of hydrogen-bond acceptors (Lipinski definition) is 3. The van der Waals surface area contributed by atoms with Crippen LogP contribution in [-0.4, -0.2) is 12.2 Å². The van der Waals surface area contributed by atoms with E-state index in [1.807, 2.05) is 30.3 Å². The van der Waals surface area contributed by atoms with E-state index in [1.54, 1.807) is 13.2 Å². The van der Waals surface area contributed by atoms with E-state index in [0.717, 1.165) is 21.5 Å². The van der Waals surface area contributed by atoms with Crippen LogP contribution in [0.4, 0.5) is 5.69 Å². The van der Waals surface area contributed by atoms with Gasteiger partial charge in [0.1, 0.15) is 11.5 Å². The number of phenolic OH excluding ortho intramolecular Hbond substituents is 1. The van der Waals surface area contributed by atoms with E-state index in [2.05, 4.69) is 37.2 Å². The molecule has 2 N–H and O–H groups in total. The van der Waals surface area contributed by atoms with E-state index in [-0.39, 0.29) is 5.75 Å². The number of hydrogen-bond donors (Lipinski definition) is 2. The molecule has 0 aliphatic heterocycles. The number of anilines is 1. The highest BCUT2D eigenvalue weighted by molar-refractivity contribution is 9.10. The van der Waals surface area contributed by atoms with Crippen molar-refractivity contribution < 1.29 is 9.84 Å². The summed E-state index contributed by atoms with van der Waals surface area (Å²) < 4.78 is 6.86. The van der Waals surface area contributed by atoms with Gasteiger partial charge in [0.25, 0.3) is 0 Å². The molecule has 0 aliphatic carbocycles. The summed E-state index contributed by atoms with van der Waals surface area (Å²) in [5.41, 5.74) is 2.04.